The number of hydrogen-bond donors (Lipinski definition) is 2. The number of carboxylic acid groups (broad SMARTS) is 1. The first-order chi connectivity index (χ1) is 8.11. The van der Waals surface area contributed by atoms with E-state index in [0.29, 0.717) is 19.7 Å². The molecule has 1 aromatic carbocycles. The zero-order valence-electron chi connectivity index (χ0n) is 8.87. The highest BCUT2D eigenvalue weighted by atomic mass is 19.2. The fraction of sp³-hybridized carbons (Fsp3) is 0.364. The van der Waals surface area contributed by atoms with Crippen LogP contribution in [0.2, 0.25) is 0 Å². The average molecular weight is 243 g/mol. The predicted octanol–water partition coefficient (Wildman–Crippen LogP) is 1.32. The summed E-state index contributed by atoms with van der Waals surface area (Å²) in [4.78, 5) is 10.6. The Morgan fingerprint density at radius 2 is 2.18 bits per heavy atom. The molecule has 4 nitrogen and oxygen atoms in total. The molecule has 0 aromatic heterocycles. The summed E-state index contributed by atoms with van der Waals surface area (Å²) < 4.78 is 32.4. The van der Waals surface area contributed by atoms with Crippen LogP contribution < -0.4 is 5.32 Å². The van der Waals surface area contributed by atoms with Crippen molar-refractivity contribution in [3.63, 3.8) is 0 Å². The van der Waals surface area contributed by atoms with Gasteiger partial charge in [0.05, 0.1) is 18.3 Å². The fourth-order valence-corrected chi connectivity index (χ4v) is 1.74. The van der Waals surface area contributed by atoms with E-state index in [4.69, 9.17) is 9.84 Å². The van der Waals surface area contributed by atoms with E-state index in [1.807, 2.05) is 0 Å². The minimum absolute atomic E-state index is 0.0414. The molecule has 0 aliphatic carbocycles. The van der Waals surface area contributed by atoms with Gasteiger partial charge in [-0.2, -0.15) is 0 Å². The zero-order chi connectivity index (χ0) is 12.4. The molecule has 1 fully saturated rings. The minimum Gasteiger partial charge on any atom is -0.478 e. The Labute approximate surface area is 96.2 Å². The van der Waals surface area contributed by atoms with Gasteiger partial charge in [-0.3, -0.25) is 0 Å². The van der Waals surface area contributed by atoms with Crippen molar-refractivity contribution in [1.29, 1.82) is 0 Å². The van der Waals surface area contributed by atoms with E-state index in [0.717, 1.165) is 6.07 Å². The van der Waals surface area contributed by atoms with Crippen LogP contribution in [0.25, 0.3) is 0 Å². The summed E-state index contributed by atoms with van der Waals surface area (Å²) in [5.41, 5.74) is -0.630. The molecule has 1 heterocycles. The Balaban J connectivity index is 2.36. The zero-order valence-corrected chi connectivity index (χ0v) is 8.87. The van der Waals surface area contributed by atoms with Crippen LogP contribution in [0.4, 0.5) is 8.78 Å². The second-order valence-corrected chi connectivity index (χ2v) is 3.70. The van der Waals surface area contributed by atoms with Crippen molar-refractivity contribution in [2.24, 2.45) is 0 Å². The largest absolute Gasteiger partial charge is 0.478 e. The van der Waals surface area contributed by atoms with E-state index < -0.39 is 29.3 Å². The van der Waals surface area contributed by atoms with Crippen molar-refractivity contribution in [1.82, 2.24) is 5.32 Å². The summed E-state index contributed by atoms with van der Waals surface area (Å²) in [6, 6.07) is 2.30. The van der Waals surface area contributed by atoms with Gasteiger partial charge in [-0.25, -0.2) is 13.6 Å². The monoisotopic (exact) mass is 243 g/mol. The molecule has 1 saturated heterocycles. The summed E-state index contributed by atoms with van der Waals surface area (Å²) in [6.45, 7) is 1.45. The van der Waals surface area contributed by atoms with Gasteiger partial charge in [0.1, 0.15) is 0 Å². The lowest BCUT2D eigenvalue weighted by Gasteiger charge is -2.24. The van der Waals surface area contributed by atoms with Crippen molar-refractivity contribution in [2.45, 2.75) is 6.10 Å². The smallest absolute Gasteiger partial charge is 0.338 e. The van der Waals surface area contributed by atoms with E-state index in [-0.39, 0.29) is 5.56 Å². The van der Waals surface area contributed by atoms with Crippen LogP contribution in [0.15, 0.2) is 12.1 Å². The van der Waals surface area contributed by atoms with Crippen molar-refractivity contribution < 1.29 is 23.4 Å². The van der Waals surface area contributed by atoms with Crippen molar-refractivity contribution in [3.05, 3.63) is 34.9 Å². The molecular formula is C11H11F2NO3. The highest BCUT2D eigenvalue weighted by Crippen LogP contribution is 2.25. The maximum absolute atomic E-state index is 13.7. The van der Waals surface area contributed by atoms with Gasteiger partial charge in [-0.1, -0.05) is 6.07 Å². The van der Waals surface area contributed by atoms with Gasteiger partial charge in [0.25, 0.3) is 0 Å². The van der Waals surface area contributed by atoms with Gasteiger partial charge in [0.15, 0.2) is 11.6 Å². The lowest BCUT2D eigenvalue weighted by atomic mass is 10.0. The number of carbonyl (C=O) groups is 1. The normalized spacial score (nSPS) is 20.2. The quantitative estimate of drug-likeness (QED) is 0.822. The molecule has 1 aliphatic heterocycles. The van der Waals surface area contributed by atoms with Crippen LogP contribution >= 0.6 is 0 Å². The van der Waals surface area contributed by atoms with Gasteiger partial charge in [0, 0.05) is 18.7 Å². The lowest BCUT2D eigenvalue weighted by Crippen LogP contribution is -2.34. The van der Waals surface area contributed by atoms with E-state index in [2.05, 4.69) is 5.32 Å². The molecule has 17 heavy (non-hydrogen) atoms. The van der Waals surface area contributed by atoms with Gasteiger partial charge >= 0.3 is 5.97 Å². The molecule has 0 bridgehead atoms. The van der Waals surface area contributed by atoms with Crippen LogP contribution in [-0.4, -0.2) is 30.8 Å². The van der Waals surface area contributed by atoms with E-state index in [1.165, 1.54) is 6.07 Å². The summed E-state index contributed by atoms with van der Waals surface area (Å²) in [6.07, 6.45) is -0.582. The number of nitrogens with one attached hydrogen (secondary N) is 1. The molecule has 2 rings (SSSR count). The van der Waals surface area contributed by atoms with Crippen molar-refractivity contribution in [3.8, 4) is 0 Å². The molecule has 1 unspecified atom stereocenters. The topological polar surface area (TPSA) is 58.6 Å². The van der Waals surface area contributed by atoms with E-state index in [9.17, 15) is 13.6 Å². The molecule has 2 N–H and O–H groups in total. The lowest BCUT2D eigenvalue weighted by molar-refractivity contribution is 0.0250. The van der Waals surface area contributed by atoms with Gasteiger partial charge in [0.2, 0.25) is 0 Å². The maximum atomic E-state index is 13.7. The number of benzene rings is 1. The first-order valence-corrected chi connectivity index (χ1v) is 5.14. The minimum atomic E-state index is -1.49. The Bertz CT molecular complexity index is 445. The number of halogens is 2. The molecule has 0 amide bonds. The van der Waals surface area contributed by atoms with Crippen LogP contribution in [0.3, 0.4) is 0 Å². The molecular weight excluding hydrogens is 232 g/mol. The van der Waals surface area contributed by atoms with E-state index in [1.54, 1.807) is 0 Å². The Kier molecular flexibility index (Phi) is 3.35. The highest BCUT2D eigenvalue weighted by molar-refractivity contribution is 5.88. The van der Waals surface area contributed by atoms with Gasteiger partial charge in [-0.05, 0) is 6.07 Å². The third-order valence-corrected chi connectivity index (χ3v) is 2.62. The third-order valence-electron chi connectivity index (χ3n) is 2.62. The van der Waals surface area contributed by atoms with Gasteiger partial charge < -0.3 is 15.2 Å². The van der Waals surface area contributed by atoms with E-state index >= 15 is 0 Å². The Hall–Kier alpha value is -1.53. The van der Waals surface area contributed by atoms with Crippen LogP contribution in [-0.2, 0) is 4.74 Å². The molecule has 6 heteroatoms. The molecule has 0 saturated carbocycles. The summed E-state index contributed by atoms with van der Waals surface area (Å²) in [5.74, 6) is -3.99. The first kappa shape index (κ1) is 11.9. The predicted molar refractivity (Wildman–Crippen MR) is 54.9 cm³/mol. The molecule has 0 radical (unpaired) electrons. The van der Waals surface area contributed by atoms with Gasteiger partial charge in [-0.15, -0.1) is 0 Å². The maximum Gasteiger partial charge on any atom is 0.338 e. The molecule has 1 aromatic rings. The number of rotatable bonds is 2. The van der Waals surface area contributed by atoms with Crippen LogP contribution in [0, 0.1) is 11.6 Å². The number of ether oxygens (including phenoxy) is 1. The summed E-state index contributed by atoms with van der Waals surface area (Å²) in [5, 5.41) is 11.6. The third kappa shape index (κ3) is 2.27. The molecule has 1 atom stereocenters. The summed E-state index contributed by atoms with van der Waals surface area (Å²) >= 11 is 0. The number of hydrogen-bond acceptors (Lipinski definition) is 3. The first-order valence-electron chi connectivity index (χ1n) is 5.14. The molecule has 92 valence electrons. The Morgan fingerprint density at radius 3 is 2.76 bits per heavy atom. The second kappa shape index (κ2) is 4.77. The standard InChI is InChI=1S/C11H11F2NO3/c12-9-6(8-5-14-3-4-17-8)1-2-7(10(9)13)11(15)16/h1-2,8,14H,3-5H2,(H,15,16). The van der Waals surface area contributed by atoms with Crippen molar-refractivity contribution in [2.75, 3.05) is 19.7 Å². The molecule has 1 aliphatic rings. The SMILES string of the molecule is O=C(O)c1ccc(C2CNCCO2)c(F)c1F. The van der Waals surface area contributed by atoms with Crippen LogP contribution in [0.1, 0.15) is 22.0 Å². The number of morpholine rings is 1. The molecule has 0 spiro atoms. The Morgan fingerprint density at radius 1 is 1.41 bits per heavy atom. The van der Waals surface area contributed by atoms with Crippen LogP contribution in [0.5, 0.6) is 0 Å². The average Bonchev–Trinajstić information content (AvgIpc) is 2.33. The summed E-state index contributed by atoms with van der Waals surface area (Å²) in [7, 11) is 0. The van der Waals surface area contributed by atoms with Crippen molar-refractivity contribution >= 4 is 5.97 Å². The second-order valence-electron chi connectivity index (χ2n) is 3.70. The highest BCUT2D eigenvalue weighted by Gasteiger charge is 2.24. The number of carboxylic acids is 1. The fourth-order valence-electron chi connectivity index (χ4n) is 1.74. The number of aromatic carboxylic acids is 1.